The normalized spacial score (nSPS) is 16.9. The van der Waals surface area contributed by atoms with Crippen molar-refractivity contribution in [3.63, 3.8) is 0 Å². The third kappa shape index (κ3) is 2.62. The quantitative estimate of drug-likeness (QED) is 0.498. The Morgan fingerprint density at radius 3 is 2.84 bits per heavy atom. The number of anilines is 2. The molecule has 0 aliphatic carbocycles. The van der Waals surface area contributed by atoms with E-state index in [1.165, 1.54) is 4.68 Å². The average Bonchev–Trinajstić information content (AvgIpc) is 3.41. The number of rotatable bonds is 2. The lowest BCUT2D eigenvalue weighted by atomic mass is 9.92. The molecule has 31 heavy (non-hydrogen) atoms. The average molecular weight is 417 g/mol. The van der Waals surface area contributed by atoms with Gasteiger partial charge in [-0.25, -0.2) is 9.48 Å². The smallest absolute Gasteiger partial charge is 0.350 e. The maximum Gasteiger partial charge on any atom is 0.350 e. The maximum absolute atomic E-state index is 12.1. The minimum atomic E-state index is -0.155. The second kappa shape index (κ2) is 6.19. The van der Waals surface area contributed by atoms with Crippen LogP contribution in [0.3, 0.4) is 0 Å². The van der Waals surface area contributed by atoms with Gasteiger partial charge in [0.2, 0.25) is 0 Å². The van der Waals surface area contributed by atoms with Crippen LogP contribution < -0.4 is 15.3 Å². The lowest BCUT2D eigenvalue weighted by Crippen LogP contribution is -2.28. The summed E-state index contributed by atoms with van der Waals surface area (Å²) in [5, 5.41) is 13.2. The van der Waals surface area contributed by atoms with E-state index in [9.17, 15) is 4.79 Å². The summed E-state index contributed by atoms with van der Waals surface area (Å²) >= 11 is 0. The molecule has 2 aliphatic heterocycles. The first-order chi connectivity index (χ1) is 14.9. The molecule has 1 aromatic carbocycles. The molecule has 0 bridgehead atoms. The number of aromatic nitrogens is 6. The lowest BCUT2D eigenvalue weighted by molar-refractivity contribution is 0.314. The van der Waals surface area contributed by atoms with Gasteiger partial charge in [-0.05, 0) is 30.7 Å². The molecule has 0 amide bonds. The molecule has 9 heteroatoms. The standard InChI is InChI=1S/C22H23N7O2/c1-22(2)7-9-29-19(23-24-20(22)29)14-4-5-16-17(12-14)31-11-10-27(16)15-6-8-28-18(13-15)25-26(3)21(28)30/h4-6,8,12-13H,7,9-11H2,1-3H3. The minimum absolute atomic E-state index is 0.0544. The third-order valence-electron chi connectivity index (χ3n) is 6.36. The fourth-order valence-corrected chi connectivity index (χ4v) is 4.60. The van der Waals surface area contributed by atoms with Crippen LogP contribution in [0.1, 0.15) is 26.1 Å². The minimum Gasteiger partial charge on any atom is -0.490 e. The van der Waals surface area contributed by atoms with Gasteiger partial charge in [-0.3, -0.25) is 4.40 Å². The van der Waals surface area contributed by atoms with Gasteiger partial charge in [0.25, 0.3) is 0 Å². The first-order valence-corrected chi connectivity index (χ1v) is 10.5. The maximum atomic E-state index is 12.1. The molecule has 0 saturated carbocycles. The van der Waals surface area contributed by atoms with Crippen LogP contribution in [0.4, 0.5) is 11.4 Å². The third-order valence-corrected chi connectivity index (χ3v) is 6.36. The van der Waals surface area contributed by atoms with E-state index in [0.717, 1.165) is 47.3 Å². The van der Waals surface area contributed by atoms with Crippen molar-refractivity contribution in [2.75, 3.05) is 18.1 Å². The zero-order chi connectivity index (χ0) is 21.3. The first-order valence-electron chi connectivity index (χ1n) is 10.5. The van der Waals surface area contributed by atoms with E-state index >= 15 is 0 Å². The fraction of sp³-hybridized carbons (Fsp3) is 0.364. The van der Waals surface area contributed by atoms with Gasteiger partial charge in [-0.1, -0.05) is 13.8 Å². The summed E-state index contributed by atoms with van der Waals surface area (Å²) in [5.41, 5.74) is 3.48. The molecule has 0 fully saturated rings. The molecule has 4 aromatic rings. The van der Waals surface area contributed by atoms with Crippen LogP contribution in [-0.4, -0.2) is 42.1 Å². The SMILES string of the molecule is Cn1nc2cc(N3CCOc4cc(-c5nnc6n5CCC6(C)C)ccc43)ccn2c1=O. The number of fused-ring (bicyclic) bond motifs is 3. The van der Waals surface area contributed by atoms with E-state index in [4.69, 9.17) is 4.74 Å². The number of hydrogen-bond acceptors (Lipinski definition) is 6. The molecule has 0 atom stereocenters. The van der Waals surface area contributed by atoms with Gasteiger partial charge in [0.1, 0.15) is 18.2 Å². The zero-order valence-electron chi connectivity index (χ0n) is 17.7. The molecule has 0 saturated heterocycles. The summed E-state index contributed by atoms with van der Waals surface area (Å²) in [6.45, 7) is 6.64. The summed E-state index contributed by atoms with van der Waals surface area (Å²) in [6.07, 6.45) is 2.84. The Balaban J connectivity index is 1.40. The van der Waals surface area contributed by atoms with E-state index in [1.807, 2.05) is 18.2 Å². The van der Waals surface area contributed by atoms with Gasteiger partial charge in [0.15, 0.2) is 11.5 Å². The van der Waals surface area contributed by atoms with Crippen molar-refractivity contribution in [2.24, 2.45) is 7.05 Å². The molecule has 158 valence electrons. The summed E-state index contributed by atoms with van der Waals surface area (Å²) in [7, 11) is 1.66. The van der Waals surface area contributed by atoms with Crippen molar-refractivity contribution >= 4 is 17.0 Å². The van der Waals surface area contributed by atoms with Gasteiger partial charge in [-0.2, -0.15) is 5.10 Å². The van der Waals surface area contributed by atoms with Gasteiger partial charge < -0.3 is 14.2 Å². The van der Waals surface area contributed by atoms with E-state index < -0.39 is 0 Å². The Morgan fingerprint density at radius 1 is 1.10 bits per heavy atom. The van der Waals surface area contributed by atoms with Crippen LogP contribution in [0.5, 0.6) is 5.75 Å². The number of nitrogens with zero attached hydrogens (tertiary/aromatic N) is 7. The van der Waals surface area contributed by atoms with Crippen molar-refractivity contribution < 1.29 is 4.74 Å². The highest BCUT2D eigenvalue weighted by atomic mass is 16.5. The lowest BCUT2D eigenvalue weighted by Gasteiger charge is -2.31. The second-order valence-electron chi connectivity index (χ2n) is 8.83. The summed E-state index contributed by atoms with van der Waals surface area (Å²) in [6, 6.07) is 10.1. The Bertz CT molecular complexity index is 1390. The van der Waals surface area contributed by atoms with Crippen LogP contribution in [-0.2, 0) is 19.0 Å². The van der Waals surface area contributed by atoms with E-state index in [1.54, 1.807) is 17.6 Å². The summed E-state index contributed by atoms with van der Waals surface area (Å²) in [5.74, 6) is 2.75. The summed E-state index contributed by atoms with van der Waals surface area (Å²) in [4.78, 5) is 14.3. The number of aryl methyl sites for hydroxylation is 1. The van der Waals surface area contributed by atoms with E-state index in [0.29, 0.717) is 18.8 Å². The molecule has 5 heterocycles. The zero-order valence-corrected chi connectivity index (χ0v) is 17.7. The molecule has 0 unspecified atom stereocenters. The Hall–Kier alpha value is -3.62. The molecular weight excluding hydrogens is 394 g/mol. The molecule has 9 nitrogen and oxygen atoms in total. The van der Waals surface area contributed by atoms with Crippen LogP contribution >= 0.6 is 0 Å². The van der Waals surface area contributed by atoms with Crippen molar-refractivity contribution in [3.05, 3.63) is 52.8 Å². The molecule has 0 radical (unpaired) electrons. The van der Waals surface area contributed by atoms with E-state index in [2.05, 4.69) is 50.7 Å². The van der Waals surface area contributed by atoms with Gasteiger partial charge in [0, 0.05) is 42.5 Å². The van der Waals surface area contributed by atoms with Crippen LogP contribution in [0.2, 0.25) is 0 Å². The molecular formula is C22H23N7O2. The molecule has 6 rings (SSSR count). The molecule has 2 aliphatic rings. The Labute approximate surface area is 178 Å². The van der Waals surface area contributed by atoms with Crippen LogP contribution in [0.15, 0.2) is 41.3 Å². The fourth-order valence-electron chi connectivity index (χ4n) is 4.60. The van der Waals surface area contributed by atoms with Gasteiger partial charge >= 0.3 is 5.69 Å². The molecule has 3 aromatic heterocycles. The molecule has 0 spiro atoms. The molecule has 0 N–H and O–H groups in total. The summed E-state index contributed by atoms with van der Waals surface area (Å²) < 4.78 is 11.1. The van der Waals surface area contributed by atoms with Gasteiger partial charge in [-0.15, -0.1) is 10.2 Å². The van der Waals surface area contributed by atoms with Crippen molar-refractivity contribution in [1.29, 1.82) is 0 Å². The first kappa shape index (κ1) is 18.2. The Morgan fingerprint density at radius 2 is 1.97 bits per heavy atom. The van der Waals surface area contributed by atoms with Crippen molar-refractivity contribution in [3.8, 4) is 17.1 Å². The monoisotopic (exact) mass is 417 g/mol. The topological polar surface area (TPSA) is 82.5 Å². The largest absolute Gasteiger partial charge is 0.490 e. The van der Waals surface area contributed by atoms with Gasteiger partial charge in [0.05, 0.1) is 12.2 Å². The highest BCUT2D eigenvalue weighted by Crippen LogP contribution is 2.41. The number of hydrogen-bond donors (Lipinski definition) is 0. The Kier molecular flexibility index (Phi) is 3.63. The number of ether oxygens (including phenoxy) is 1. The van der Waals surface area contributed by atoms with Crippen molar-refractivity contribution in [2.45, 2.75) is 32.2 Å². The van der Waals surface area contributed by atoms with Crippen LogP contribution in [0, 0.1) is 0 Å². The van der Waals surface area contributed by atoms with E-state index in [-0.39, 0.29) is 11.1 Å². The number of benzene rings is 1. The number of pyridine rings is 1. The second-order valence-corrected chi connectivity index (χ2v) is 8.83. The highest BCUT2D eigenvalue weighted by Gasteiger charge is 2.34. The van der Waals surface area contributed by atoms with Crippen molar-refractivity contribution in [1.82, 2.24) is 28.9 Å². The highest BCUT2D eigenvalue weighted by molar-refractivity contribution is 5.75. The predicted octanol–water partition coefficient (Wildman–Crippen LogP) is 2.50. The predicted molar refractivity (Wildman–Crippen MR) is 116 cm³/mol. The van der Waals surface area contributed by atoms with Crippen LogP contribution in [0.25, 0.3) is 17.0 Å².